The fourth-order valence-corrected chi connectivity index (χ4v) is 5.78. The molecule has 6 unspecified atom stereocenters. The van der Waals surface area contributed by atoms with Gasteiger partial charge >= 0.3 is 5.97 Å². The summed E-state index contributed by atoms with van der Waals surface area (Å²) < 4.78 is 5.39. The van der Waals surface area contributed by atoms with E-state index in [-0.39, 0.29) is 41.0 Å². The molecule has 5 nitrogen and oxygen atoms in total. The molecular formula is C24H18ClNO4. The van der Waals surface area contributed by atoms with Crippen molar-refractivity contribution < 1.29 is 19.1 Å². The molecule has 4 aliphatic carbocycles. The predicted octanol–water partition coefficient (Wildman–Crippen LogP) is 4.12. The number of esters is 1. The first-order valence-electron chi connectivity index (χ1n) is 10.2. The maximum atomic E-state index is 13.3. The number of benzene rings is 2. The summed E-state index contributed by atoms with van der Waals surface area (Å²) in [6.07, 6.45) is 5.42. The number of imide groups is 1. The summed E-state index contributed by atoms with van der Waals surface area (Å²) in [7, 11) is 0. The number of allylic oxidation sites excluding steroid dienone is 2. The summed E-state index contributed by atoms with van der Waals surface area (Å²) >= 11 is 5.86. The minimum absolute atomic E-state index is 0.141. The Hall–Kier alpha value is -2.92. The highest BCUT2D eigenvalue weighted by atomic mass is 35.5. The number of rotatable bonds is 3. The quantitative estimate of drug-likeness (QED) is 0.325. The van der Waals surface area contributed by atoms with Gasteiger partial charge < -0.3 is 4.74 Å². The minimum Gasteiger partial charge on any atom is -0.423 e. The third-order valence-electron chi connectivity index (χ3n) is 7.03. The SMILES string of the molecule is O=C(Oc1ccc(Cl)cc1)c1cccc(N2C(=O)C3C4C=CC(C5CC45)C3C2=O)c1. The van der Waals surface area contributed by atoms with Crippen molar-refractivity contribution in [2.75, 3.05) is 4.90 Å². The molecule has 1 heterocycles. The molecule has 30 heavy (non-hydrogen) atoms. The van der Waals surface area contributed by atoms with Gasteiger partial charge in [0.1, 0.15) is 5.75 Å². The Bertz CT molecular complexity index is 1090. The molecule has 150 valence electrons. The van der Waals surface area contributed by atoms with Crippen LogP contribution in [0.25, 0.3) is 0 Å². The van der Waals surface area contributed by atoms with Crippen LogP contribution in [0.4, 0.5) is 5.69 Å². The van der Waals surface area contributed by atoms with Crippen molar-refractivity contribution in [3.05, 3.63) is 71.3 Å². The lowest BCUT2D eigenvalue weighted by atomic mass is 9.63. The van der Waals surface area contributed by atoms with Crippen molar-refractivity contribution in [3.8, 4) is 5.75 Å². The Labute approximate surface area is 178 Å². The predicted molar refractivity (Wildman–Crippen MR) is 110 cm³/mol. The van der Waals surface area contributed by atoms with Gasteiger partial charge in [0.15, 0.2) is 0 Å². The van der Waals surface area contributed by atoms with Crippen LogP contribution in [-0.2, 0) is 9.59 Å². The van der Waals surface area contributed by atoms with E-state index in [0.29, 0.717) is 28.3 Å². The molecule has 0 aromatic heterocycles. The Morgan fingerprint density at radius 3 is 2.20 bits per heavy atom. The van der Waals surface area contributed by atoms with Crippen LogP contribution in [0.5, 0.6) is 5.75 Å². The zero-order valence-electron chi connectivity index (χ0n) is 15.9. The van der Waals surface area contributed by atoms with Crippen LogP contribution >= 0.6 is 11.6 Å². The molecule has 0 N–H and O–H groups in total. The lowest BCUT2D eigenvalue weighted by Gasteiger charge is -2.37. The maximum Gasteiger partial charge on any atom is 0.343 e. The van der Waals surface area contributed by atoms with Crippen molar-refractivity contribution in [1.82, 2.24) is 0 Å². The molecule has 2 aromatic carbocycles. The van der Waals surface area contributed by atoms with Gasteiger partial charge in [-0.05, 0) is 72.6 Å². The monoisotopic (exact) mass is 419 g/mol. The lowest BCUT2D eigenvalue weighted by molar-refractivity contribution is -0.124. The smallest absolute Gasteiger partial charge is 0.343 e. The van der Waals surface area contributed by atoms with Crippen LogP contribution in [0.1, 0.15) is 16.8 Å². The lowest BCUT2D eigenvalue weighted by Crippen LogP contribution is -2.40. The van der Waals surface area contributed by atoms with Crippen LogP contribution in [-0.4, -0.2) is 17.8 Å². The summed E-state index contributed by atoms with van der Waals surface area (Å²) in [6, 6.07) is 13.0. The van der Waals surface area contributed by atoms with Gasteiger partial charge in [0.2, 0.25) is 11.8 Å². The molecule has 1 saturated heterocycles. The van der Waals surface area contributed by atoms with E-state index < -0.39 is 5.97 Å². The molecule has 6 atom stereocenters. The van der Waals surface area contributed by atoms with Gasteiger partial charge in [-0.25, -0.2) is 9.69 Å². The van der Waals surface area contributed by atoms with Gasteiger partial charge in [-0.1, -0.05) is 29.8 Å². The zero-order chi connectivity index (χ0) is 20.6. The second-order valence-corrected chi connectivity index (χ2v) is 9.00. The standard InChI is InChI=1S/C24H18ClNO4/c25-13-4-6-15(7-5-13)30-24(29)12-2-1-3-14(10-12)26-22(27)20-16-8-9-17(19-11-18(16)19)21(20)23(26)28/h1-10,16-21H,11H2. The van der Waals surface area contributed by atoms with E-state index in [4.69, 9.17) is 16.3 Å². The van der Waals surface area contributed by atoms with Crippen molar-refractivity contribution in [1.29, 1.82) is 0 Å². The van der Waals surface area contributed by atoms with Gasteiger partial charge in [-0.3, -0.25) is 9.59 Å². The van der Waals surface area contributed by atoms with Crippen LogP contribution in [0.15, 0.2) is 60.7 Å². The van der Waals surface area contributed by atoms with Gasteiger partial charge in [-0.2, -0.15) is 0 Å². The molecule has 6 heteroatoms. The Balaban J connectivity index is 1.28. The van der Waals surface area contributed by atoms with Crippen molar-refractivity contribution in [2.24, 2.45) is 35.5 Å². The summed E-state index contributed by atoms with van der Waals surface area (Å²) in [5.41, 5.74) is 0.708. The van der Waals surface area contributed by atoms with E-state index in [1.165, 1.54) is 4.90 Å². The average Bonchev–Trinajstić information content (AvgIpc) is 3.53. The summed E-state index contributed by atoms with van der Waals surface area (Å²) in [6.45, 7) is 0. The van der Waals surface area contributed by atoms with Gasteiger partial charge in [0, 0.05) is 5.02 Å². The van der Waals surface area contributed by atoms with Crippen molar-refractivity contribution >= 4 is 35.1 Å². The summed E-state index contributed by atoms with van der Waals surface area (Å²) in [4.78, 5) is 40.4. The normalized spacial score (nSPS) is 32.8. The number of anilines is 1. The molecule has 1 aliphatic heterocycles. The zero-order valence-corrected chi connectivity index (χ0v) is 16.7. The minimum atomic E-state index is -0.557. The number of halogens is 1. The first kappa shape index (κ1) is 17.9. The molecule has 2 saturated carbocycles. The fraction of sp³-hybridized carbons (Fsp3) is 0.292. The highest BCUT2D eigenvalue weighted by Gasteiger charge is 2.67. The first-order chi connectivity index (χ1) is 14.5. The Morgan fingerprint density at radius 2 is 1.57 bits per heavy atom. The van der Waals surface area contributed by atoms with E-state index in [0.717, 1.165) is 6.42 Å². The van der Waals surface area contributed by atoms with Gasteiger partial charge in [-0.15, -0.1) is 0 Å². The molecule has 0 radical (unpaired) electrons. The maximum absolute atomic E-state index is 13.3. The van der Waals surface area contributed by atoms with E-state index >= 15 is 0 Å². The molecule has 0 spiro atoms. The van der Waals surface area contributed by atoms with E-state index in [2.05, 4.69) is 12.2 Å². The summed E-state index contributed by atoms with van der Waals surface area (Å²) in [5.74, 6) is 0.457. The molecule has 2 aromatic rings. The number of carbonyl (C=O) groups excluding carboxylic acids is 3. The average molecular weight is 420 g/mol. The molecule has 2 amide bonds. The van der Waals surface area contributed by atoms with Gasteiger partial charge in [0.05, 0.1) is 23.1 Å². The first-order valence-corrected chi connectivity index (χ1v) is 10.5. The third kappa shape index (κ3) is 2.51. The number of carbonyl (C=O) groups is 3. The molecule has 3 fully saturated rings. The number of hydrogen-bond donors (Lipinski definition) is 0. The number of nitrogens with zero attached hydrogens (tertiary/aromatic N) is 1. The topological polar surface area (TPSA) is 63.7 Å². The second-order valence-electron chi connectivity index (χ2n) is 8.56. The van der Waals surface area contributed by atoms with Crippen molar-refractivity contribution in [3.63, 3.8) is 0 Å². The van der Waals surface area contributed by atoms with Crippen LogP contribution in [0.3, 0.4) is 0 Å². The van der Waals surface area contributed by atoms with Crippen molar-refractivity contribution in [2.45, 2.75) is 6.42 Å². The van der Waals surface area contributed by atoms with Crippen LogP contribution < -0.4 is 9.64 Å². The highest BCUT2D eigenvalue weighted by Crippen LogP contribution is 2.65. The van der Waals surface area contributed by atoms with Crippen LogP contribution in [0.2, 0.25) is 5.02 Å². The number of hydrogen-bond acceptors (Lipinski definition) is 4. The van der Waals surface area contributed by atoms with E-state index in [9.17, 15) is 14.4 Å². The fourth-order valence-electron chi connectivity index (χ4n) is 5.65. The number of ether oxygens (including phenoxy) is 1. The van der Waals surface area contributed by atoms with E-state index in [1.807, 2.05) is 0 Å². The van der Waals surface area contributed by atoms with Crippen LogP contribution in [0, 0.1) is 35.5 Å². The summed E-state index contributed by atoms with van der Waals surface area (Å²) in [5, 5.41) is 0.547. The third-order valence-corrected chi connectivity index (χ3v) is 7.28. The molecule has 5 aliphatic rings. The molecule has 2 bridgehead atoms. The second kappa shape index (κ2) is 6.29. The molecular weight excluding hydrogens is 402 g/mol. The Kier molecular flexibility index (Phi) is 3.75. The largest absolute Gasteiger partial charge is 0.423 e. The van der Waals surface area contributed by atoms with Gasteiger partial charge in [0.25, 0.3) is 0 Å². The Morgan fingerprint density at radius 1 is 0.933 bits per heavy atom. The van der Waals surface area contributed by atoms with E-state index in [1.54, 1.807) is 48.5 Å². The molecule has 7 rings (SSSR count). The number of amides is 2. The highest BCUT2D eigenvalue weighted by molar-refractivity contribution is 6.30.